The summed E-state index contributed by atoms with van der Waals surface area (Å²) in [5.41, 5.74) is -0.696. The molecule has 1 aromatic rings. The smallest absolute Gasteiger partial charge is 0.203 e. The van der Waals surface area contributed by atoms with Gasteiger partial charge in [-0.15, -0.1) is 0 Å². The molecule has 1 nitrogen and oxygen atoms in total. The Kier molecular flexibility index (Phi) is 4.13. The van der Waals surface area contributed by atoms with Gasteiger partial charge in [0.1, 0.15) is 0 Å². The first kappa shape index (κ1) is 13.7. The van der Waals surface area contributed by atoms with E-state index in [0.29, 0.717) is 0 Å². The lowest BCUT2D eigenvalue weighted by Gasteiger charge is -2.10. The van der Waals surface area contributed by atoms with Gasteiger partial charge in [-0.25, -0.2) is 8.78 Å². The number of phenolic OH excluding ortho intramolecular Hbond substituents is 1. The van der Waals surface area contributed by atoms with Crippen molar-refractivity contribution in [3.8, 4) is 5.75 Å². The monoisotopic (exact) mass is 224 g/mol. The van der Waals surface area contributed by atoms with Crippen molar-refractivity contribution < 1.29 is 22.7 Å². The van der Waals surface area contributed by atoms with Gasteiger partial charge in [0.15, 0.2) is 17.4 Å². The lowest BCUT2D eigenvalue weighted by atomic mass is 10.0. The van der Waals surface area contributed by atoms with Gasteiger partial charge in [-0.1, -0.05) is 21.3 Å². The Morgan fingerprint density at radius 1 is 0.867 bits per heavy atom. The molecule has 0 bridgehead atoms. The second-order valence-corrected chi connectivity index (χ2v) is 3.17. The zero-order valence-corrected chi connectivity index (χ0v) is 7.54. The lowest BCUT2D eigenvalue weighted by molar-refractivity contribution is 0.349. The summed E-state index contributed by atoms with van der Waals surface area (Å²) in [6.45, 7) is 2.77. The van der Waals surface area contributed by atoms with Crippen LogP contribution in [-0.2, 0) is 0 Å². The minimum Gasteiger partial charge on any atom is -0.503 e. The molecule has 0 atom stereocenters. The molecule has 0 spiro atoms. The van der Waals surface area contributed by atoms with Gasteiger partial charge in [0.05, 0.1) is 0 Å². The first-order valence-corrected chi connectivity index (χ1v) is 3.92. The fourth-order valence-electron chi connectivity index (χ4n) is 1.14. The topological polar surface area (TPSA) is 20.2 Å². The Hall–Kier alpha value is -1.26. The number of halogens is 4. The third kappa shape index (κ3) is 2.06. The molecule has 0 unspecified atom stereocenters. The van der Waals surface area contributed by atoms with Crippen molar-refractivity contribution >= 4 is 0 Å². The minimum atomic E-state index is -1.76. The van der Waals surface area contributed by atoms with Gasteiger partial charge in [-0.3, -0.25) is 0 Å². The van der Waals surface area contributed by atoms with Gasteiger partial charge in [-0.05, 0) is 5.92 Å². The molecule has 0 saturated heterocycles. The van der Waals surface area contributed by atoms with Crippen LogP contribution in [0.15, 0.2) is 0 Å². The highest BCUT2D eigenvalue weighted by molar-refractivity contribution is 5.34. The quantitative estimate of drug-likeness (QED) is 0.569. The third-order valence-corrected chi connectivity index (χ3v) is 1.85. The predicted octanol–water partition coefficient (Wildman–Crippen LogP) is 3.71. The molecule has 1 aromatic carbocycles. The van der Waals surface area contributed by atoms with Gasteiger partial charge in [0, 0.05) is 5.56 Å². The van der Waals surface area contributed by atoms with E-state index in [0.717, 1.165) is 0 Å². The van der Waals surface area contributed by atoms with Crippen molar-refractivity contribution in [1.82, 2.24) is 0 Å². The molecule has 5 heteroatoms. The zero-order chi connectivity index (χ0) is 11.0. The fourth-order valence-corrected chi connectivity index (χ4v) is 1.14. The first-order valence-electron chi connectivity index (χ1n) is 3.92. The van der Waals surface area contributed by atoms with Crippen LogP contribution in [0.3, 0.4) is 0 Å². The van der Waals surface area contributed by atoms with E-state index in [1.807, 2.05) is 0 Å². The number of aromatic hydroxyl groups is 1. The summed E-state index contributed by atoms with van der Waals surface area (Å²) >= 11 is 0. The summed E-state index contributed by atoms with van der Waals surface area (Å²) in [5.74, 6) is -8.93. The van der Waals surface area contributed by atoms with Crippen LogP contribution in [-0.4, -0.2) is 5.11 Å². The van der Waals surface area contributed by atoms with Crippen molar-refractivity contribution in [2.45, 2.75) is 27.2 Å². The van der Waals surface area contributed by atoms with E-state index in [9.17, 15) is 17.6 Å². The average Bonchev–Trinajstić information content (AvgIpc) is 2.11. The van der Waals surface area contributed by atoms with Crippen LogP contribution in [0.5, 0.6) is 5.75 Å². The molecule has 15 heavy (non-hydrogen) atoms. The Morgan fingerprint density at radius 3 is 1.47 bits per heavy atom. The van der Waals surface area contributed by atoms with E-state index in [1.54, 1.807) is 0 Å². The van der Waals surface area contributed by atoms with Gasteiger partial charge in [0.2, 0.25) is 11.6 Å². The second kappa shape index (κ2) is 4.51. The van der Waals surface area contributed by atoms with E-state index in [2.05, 4.69) is 0 Å². The summed E-state index contributed by atoms with van der Waals surface area (Å²) in [5, 5.41) is 8.64. The molecule has 0 aliphatic rings. The van der Waals surface area contributed by atoms with Crippen LogP contribution < -0.4 is 0 Å². The number of benzene rings is 1. The largest absolute Gasteiger partial charge is 0.503 e. The average molecular weight is 224 g/mol. The standard InChI is InChI=1S/C9H8F4O.CH4/c1-3(2)4-5(10)7(12)9(14)8(13)6(4)11;/h3,14H,1-2H3;1H4. The van der Waals surface area contributed by atoms with Crippen molar-refractivity contribution in [3.63, 3.8) is 0 Å². The molecule has 0 heterocycles. The van der Waals surface area contributed by atoms with Gasteiger partial charge < -0.3 is 5.11 Å². The molecular weight excluding hydrogens is 212 g/mol. The molecule has 0 aliphatic heterocycles. The summed E-state index contributed by atoms with van der Waals surface area (Å²) in [7, 11) is 0. The van der Waals surface area contributed by atoms with Crippen molar-refractivity contribution in [3.05, 3.63) is 28.8 Å². The lowest BCUT2D eigenvalue weighted by Crippen LogP contribution is -2.05. The molecule has 0 amide bonds. The molecule has 0 aromatic heterocycles. The Morgan fingerprint density at radius 2 is 1.20 bits per heavy atom. The van der Waals surface area contributed by atoms with Gasteiger partial charge in [-0.2, -0.15) is 8.78 Å². The van der Waals surface area contributed by atoms with Crippen molar-refractivity contribution in [2.24, 2.45) is 0 Å². The molecule has 1 rings (SSSR count). The van der Waals surface area contributed by atoms with Crippen LogP contribution >= 0.6 is 0 Å². The summed E-state index contributed by atoms with van der Waals surface area (Å²) in [6, 6.07) is 0. The second-order valence-electron chi connectivity index (χ2n) is 3.17. The highest BCUT2D eigenvalue weighted by Gasteiger charge is 2.26. The van der Waals surface area contributed by atoms with Crippen LogP contribution in [0, 0.1) is 23.3 Å². The van der Waals surface area contributed by atoms with E-state index < -0.39 is 40.5 Å². The number of hydrogen-bond acceptors (Lipinski definition) is 1. The van der Waals surface area contributed by atoms with E-state index in [1.165, 1.54) is 13.8 Å². The highest BCUT2D eigenvalue weighted by atomic mass is 19.2. The van der Waals surface area contributed by atoms with E-state index in [4.69, 9.17) is 5.11 Å². The number of phenols is 1. The SMILES string of the molecule is C.CC(C)c1c(F)c(F)c(O)c(F)c1F. The van der Waals surface area contributed by atoms with Crippen LogP contribution in [0.4, 0.5) is 17.6 Å². The van der Waals surface area contributed by atoms with E-state index >= 15 is 0 Å². The van der Waals surface area contributed by atoms with Gasteiger partial charge >= 0.3 is 0 Å². The van der Waals surface area contributed by atoms with E-state index in [-0.39, 0.29) is 7.43 Å². The molecule has 1 N–H and O–H groups in total. The molecule has 0 fully saturated rings. The van der Waals surface area contributed by atoms with Gasteiger partial charge in [0.25, 0.3) is 0 Å². The molecule has 0 saturated carbocycles. The molecular formula is C10H12F4O. The maximum atomic E-state index is 13.0. The Balaban J connectivity index is 0.00000196. The Labute approximate surface area is 85.4 Å². The number of hydrogen-bond donors (Lipinski definition) is 1. The fraction of sp³-hybridized carbons (Fsp3) is 0.400. The summed E-state index contributed by atoms with van der Waals surface area (Å²) < 4.78 is 51.5. The number of rotatable bonds is 1. The normalized spacial score (nSPS) is 10.3. The Bertz CT molecular complexity index is 345. The maximum Gasteiger partial charge on any atom is 0.203 e. The molecule has 86 valence electrons. The predicted molar refractivity (Wildman–Crippen MR) is 48.8 cm³/mol. The summed E-state index contributed by atoms with van der Waals surface area (Å²) in [4.78, 5) is 0. The third-order valence-electron chi connectivity index (χ3n) is 1.85. The van der Waals surface area contributed by atoms with Crippen molar-refractivity contribution in [2.75, 3.05) is 0 Å². The molecule has 0 aliphatic carbocycles. The zero-order valence-electron chi connectivity index (χ0n) is 7.54. The van der Waals surface area contributed by atoms with Crippen LogP contribution in [0.1, 0.15) is 32.8 Å². The van der Waals surface area contributed by atoms with Crippen LogP contribution in [0.2, 0.25) is 0 Å². The highest BCUT2D eigenvalue weighted by Crippen LogP contribution is 2.32. The van der Waals surface area contributed by atoms with Crippen LogP contribution in [0.25, 0.3) is 0 Å². The van der Waals surface area contributed by atoms with Crippen molar-refractivity contribution in [1.29, 1.82) is 0 Å². The first-order chi connectivity index (χ1) is 6.37. The maximum absolute atomic E-state index is 13.0. The minimum absolute atomic E-state index is 0. The summed E-state index contributed by atoms with van der Waals surface area (Å²) in [6.07, 6.45) is 0. The molecule has 0 radical (unpaired) electrons.